The molecular formula is C12H9OS. The van der Waals surface area contributed by atoms with Gasteiger partial charge in [-0.3, -0.25) is 0 Å². The summed E-state index contributed by atoms with van der Waals surface area (Å²) in [6.45, 7) is 0. The number of hydrogen-bond acceptors (Lipinski definition) is 2. The fraction of sp³-hybridized carbons (Fsp3) is 0.0833. The number of rotatable bonds is 2. The Morgan fingerprint density at radius 2 is 2.21 bits per heavy atom. The van der Waals surface area contributed by atoms with E-state index in [1.54, 1.807) is 0 Å². The van der Waals surface area contributed by atoms with E-state index in [1.165, 1.54) is 0 Å². The maximum atomic E-state index is 5.56. The van der Waals surface area contributed by atoms with Gasteiger partial charge in [-0.05, 0) is 24.3 Å². The second kappa shape index (κ2) is 4.20. The smallest absolute Gasteiger partial charge is 0.135 e. The Morgan fingerprint density at radius 3 is 2.86 bits per heavy atom. The van der Waals surface area contributed by atoms with Crippen LogP contribution in [0.25, 0.3) is 0 Å². The number of para-hydroxylation sites is 1. The molecule has 0 N–H and O–H groups in total. The van der Waals surface area contributed by atoms with E-state index in [0.29, 0.717) is 0 Å². The quantitative estimate of drug-likeness (QED) is 0.680. The molecule has 2 rings (SSSR count). The van der Waals surface area contributed by atoms with Gasteiger partial charge in [-0.25, -0.2) is 0 Å². The first-order chi connectivity index (χ1) is 6.84. The van der Waals surface area contributed by atoms with Crippen molar-refractivity contribution in [2.24, 2.45) is 0 Å². The molecule has 0 saturated carbocycles. The molecule has 1 radical (unpaired) electrons. The van der Waals surface area contributed by atoms with Crippen LogP contribution in [0.15, 0.2) is 48.3 Å². The van der Waals surface area contributed by atoms with Gasteiger partial charge in [-0.1, -0.05) is 30.4 Å². The second-order valence-electron chi connectivity index (χ2n) is 2.94. The Balaban J connectivity index is 2.06. The van der Waals surface area contributed by atoms with Crippen LogP contribution >= 0.6 is 12.2 Å². The van der Waals surface area contributed by atoms with Gasteiger partial charge in [0, 0.05) is 17.4 Å². The summed E-state index contributed by atoms with van der Waals surface area (Å²) in [5.74, 6) is 1.57. The van der Waals surface area contributed by atoms with Crippen molar-refractivity contribution in [3.63, 3.8) is 0 Å². The second-order valence-corrected chi connectivity index (χ2v) is 3.46. The van der Waals surface area contributed by atoms with Crippen molar-refractivity contribution in [3.05, 3.63) is 54.3 Å². The van der Waals surface area contributed by atoms with Crippen LogP contribution in [0.2, 0.25) is 0 Å². The van der Waals surface area contributed by atoms with Gasteiger partial charge in [0.05, 0.1) is 0 Å². The Morgan fingerprint density at radius 1 is 1.29 bits per heavy atom. The Kier molecular flexibility index (Phi) is 2.75. The lowest BCUT2D eigenvalue weighted by Crippen LogP contribution is -1.99. The summed E-state index contributed by atoms with van der Waals surface area (Å²) in [6.07, 6.45) is 6.54. The molecular weight excluding hydrogens is 192 g/mol. The van der Waals surface area contributed by atoms with Crippen molar-refractivity contribution in [1.82, 2.24) is 0 Å². The predicted molar refractivity (Wildman–Crippen MR) is 60.3 cm³/mol. The number of thiocarbonyl (C=S) groups is 1. The summed E-state index contributed by atoms with van der Waals surface area (Å²) >= 11 is 5.03. The van der Waals surface area contributed by atoms with E-state index >= 15 is 0 Å². The summed E-state index contributed by atoms with van der Waals surface area (Å²) in [7, 11) is 0. The molecule has 0 aromatic heterocycles. The highest BCUT2D eigenvalue weighted by Crippen LogP contribution is 2.15. The van der Waals surface area contributed by atoms with E-state index < -0.39 is 0 Å². The van der Waals surface area contributed by atoms with E-state index in [-0.39, 0.29) is 0 Å². The molecule has 0 spiro atoms. The average molecular weight is 201 g/mol. The number of benzene rings is 1. The summed E-state index contributed by atoms with van der Waals surface area (Å²) < 4.78 is 5.56. The third kappa shape index (κ3) is 2.30. The van der Waals surface area contributed by atoms with Crippen LogP contribution in [0.3, 0.4) is 0 Å². The van der Waals surface area contributed by atoms with Crippen LogP contribution in [0, 0.1) is 6.07 Å². The zero-order valence-corrected chi connectivity index (χ0v) is 8.38. The van der Waals surface area contributed by atoms with Gasteiger partial charge in [-0.15, -0.1) is 0 Å². The van der Waals surface area contributed by atoms with Crippen LogP contribution in [0.1, 0.15) is 6.42 Å². The van der Waals surface area contributed by atoms with Crippen molar-refractivity contribution in [2.75, 3.05) is 0 Å². The first-order valence-corrected chi connectivity index (χ1v) is 4.81. The van der Waals surface area contributed by atoms with Crippen LogP contribution in [-0.4, -0.2) is 4.86 Å². The lowest BCUT2D eigenvalue weighted by Gasteiger charge is -2.08. The van der Waals surface area contributed by atoms with Crippen molar-refractivity contribution < 1.29 is 4.74 Å². The van der Waals surface area contributed by atoms with Crippen LogP contribution < -0.4 is 4.74 Å². The zero-order valence-electron chi connectivity index (χ0n) is 7.57. The van der Waals surface area contributed by atoms with Gasteiger partial charge in [0.15, 0.2) is 0 Å². The normalized spacial score (nSPS) is 15.1. The number of allylic oxidation sites excluding steroid dienone is 3. The highest BCUT2D eigenvalue weighted by atomic mass is 32.1. The van der Waals surface area contributed by atoms with Crippen molar-refractivity contribution in [1.29, 1.82) is 0 Å². The summed E-state index contributed by atoms with van der Waals surface area (Å²) in [5.41, 5.74) is 0. The molecule has 0 amide bonds. The highest BCUT2D eigenvalue weighted by molar-refractivity contribution is 7.80. The van der Waals surface area contributed by atoms with Gasteiger partial charge in [0.1, 0.15) is 11.5 Å². The largest absolute Gasteiger partial charge is 0.457 e. The molecule has 0 heterocycles. The fourth-order valence-electron chi connectivity index (χ4n) is 1.16. The van der Waals surface area contributed by atoms with Gasteiger partial charge >= 0.3 is 0 Å². The minimum absolute atomic E-state index is 0.733. The number of hydrogen-bond donors (Lipinski definition) is 0. The first kappa shape index (κ1) is 9.16. The Labute approximate surface area is 88.7 Å². The zero-order chi connectivity index (χ0) is 9.80. The molecule has 1 nitrogen and oxygen atoms in total. The van der Waals surface area contributed by atoms with Crippen LogP contribution in [0.4, 0.5) is 0 Å². The molecule has 0 bridgehead atoms. The van der Waals surface area contributed by atoms with Crippen molar-refractivity contribution >= 4 is 17.1 Å². The molecule has 1 aliphatic carbocycles. The maximum absolute atomic E-state index is 5.56. The molecule has 2 heteroatoms. The van der Waals surface area contributed by atoms with Gasteiger partial charge in [-0.2, -0.15) is 0 Å². The molecule has 0 fully saturated rings. The monoisotopic (exact) mass is 201 g/mol. The summed E-state index contributed by atoms with van der Waals surface area (Å²) in [5, 5.41) is 0. The predicted octanol–water partition coefficient (Wildman–Crippen LogP) is 3.08. The van der Waals surface area contributed by atoms with E-state index in [2.05, 4.69) is 6.07 Å². The van der Waals surface area contributed by atoms with E-state index in [0.717, 1.165) is 22.8 Å². The standard InChI is InChI=1S/C12H9OS/c14-12-8-6-11(7-9-12)13-10-4-2-1-3-5-10/h1-4,6-8H,9H2. The molecule has 0 aliphatic heterocycles. The molecule has 1 aliphatic rings. The lowest BCUT2D eigenvalue weighted by atomic mass is 10.2. The SMILES string of the molecule is S=C1C=CC(Oc2[c]cccc2)=CC1. The van der Waals surface area contributed by atoms with Gasteiger partial charge in [0.2, 0.25) is 0 Å². The summed E-state index contributed by atoms with van der Waals surface area (Å²) in [4.78, 5) is 0.939. The van der Waals surface area contributed by atoms with E-state index in [4.69, 9.17) is 17.0 Å². The van der Waals surface area contributed by atoms with Gasteiger partial charge < -0.3 is 4.74 Å². The molecule has 69 valence electrons. The lowest BCUT2D eigenvalue weighted by molar-refractivity contribution is 0.441. The van der Waals surface area contributed by atoms with E-state index in [9.17, 15) is 0 Å². The fourth-order valence-corrected chi connectivity index (χ4v) is 1.31. The van der Waals surface area contributed by atoms with Crippen molar-refractivity contribution in [2.45, 2.75) is 6.42 Å². The average Bonchev–Trinajstić information content (AvgIpc) is 2.23. The molecule has 1 aromatic carbocycles. The molecule has 0 saturated heterocycles. The number of ether oxygens (including phenoxy) is 1. The molecule has 1 aromatic rings. The Hall–Kier alpha value is -1.41. The van der Waals surface area contributed by atoms with Crippen molar-refractivity contribution in [3.8, 4) is 5.75 Å². The summed E-state index contributed by atoms with van der Waals surface area (Å²) in [6, 6.07) is 10.5. The molecule has 0 atom stereocenters. The van der Waals surface area contributed by atoms with E-state index in [1.807, 2.05) is 42.5 Å². The van der Waals surface area contributed by atoms with Crippen LogP contribution in [0.5, 0.6) is 5.75 Å². The third-order valence-electron chi connectivity index (χ3n) is 1.85. The molecule has 0 unspecified atom stereocenters. The molecule has 14 heavy (non-hydrogen) atoms. The van der Waals surface area contributed by atoms with Crippen LogP contribution in [-0.2, 0) is 0 Å². The minimum atomic E-state index is 0.733. The van der Waals surface area contributed by atoms with Gasteiger partial charge in [0.25, 0.3) is 0 Å². The maximum Gasteiger partial charge on any atom is 0.135 e. The highest BCUT2D eigenvalue weighted by Gasteiger charge is 2.02. The topological polar surface area (TPSA) is 9.23 Å². The third-order valence-corrected chi connectivity index (χ3v) is 2.15. The first-order valence-electron chi connectivity index (χ1n) is 4.40. The minimum Gasteiger partial charge on any atom is -0.457 e. The Bertz CT molecular complexity index is 390.